The van der Waals surface area contributed by atoms with Gasteiger partial charge in [0.1, 0.15) is 0 Å². The number of amides is 2. The van der Waals surface area contributed by atoms with Crippen LogP contribution in [-0.4, -0.2) is 35.1 Å². The fourth-order valence-corrected chi connectivity index (χ4v) is 1.77. The first kappa shape index (κ1) is 17.3. The molecule has 2 amide bonds. The molecule has 0 saturated carbocycles. The Balaban J connectivity index is 0.00000200. The summed E-state index contributed by atoms with van der Waals surface area (Å²) in [4.78, 5) is 33.0. The summed E-state index contributed by atoms with van der Waals surface area (Å²) in [5, 5.41) is 10.5. The molecule has 100 valence electrons. The van der Waals surface area contributed by atoms with Crippen molar-refractivity contribution in [2.45, 2.75) is 0 Å². The van der Waals surface area contributed by atoms with Crippen LogP contribution in [0.25, 0.3) is 0 Å². The van der Waals surface area contributed by atoms with Gasteiger partial charge in [-0.25, -0.2) is 0 Å². The van der Waals surface area contributed by atoms with E-state index in [0.29, 0.717) is 0 Å². The van der Waals surface area contributed by atoms with Crippen LogP contribution in [0.15, 0.2) is 18.2 Å². The quantitative estimate of drug-likeness (QED) is 0.297. The molecule has 1 aliphatic rings. The molecule has 6 nitrogen and oxygen atoms in total. The third-order valence-electron chi connectivity index (χ3n) is 2.55. The van der Waals surface area contributed by atoms with Gasteiger partial charge in [-0.2, -0.15) is 0 Å². The van der Waals surface area contributed by atoms with Gasteiger partial charge in [0.05, 0.1) is 16.1 Å². The summed E-state index contributed by atoms with van der Waals surface area (Å²) in [5.41, 5.74) is -1.09. The monoisotopic (exact) mass is 312 g/mol. The molecule has 0 aromatic heterocycles. The first-order chi connectivity index (χ1) is 8.70. The Bertz CT molecular complexity index is 607. The molecule has 0 atom stereocenters. The van der Waals surface area contributed by atoms with E-state index in [1.54, 1.807) is 0 Å². The third kappa shape index (κ3) is 3.28. The molecule has 1 heterocycles. The fourth-order valence-electron chi connectivity index (χ4n) is 1.77. The summed E-state index contributed by atoms with van der Waals surface area (Å²) >= 11 is 0. The molecule has 2 rings (SSSR count). The van der Waals surface area contributed by atoms with Gasteiger partial charge in [-0.15, -0.1) is 0 Å². The maximum atomic E-state index is 12.3. The first-order valence-corrected chi connectivity index (χ1v) is 5.06. The Morgan fingerprint density at radius 1 is 1.15 bits per heavy atom. The Morgan fingerprint density at radius 3 is 2.20 bits per heavy atom. The minimum atomic E-state index is -5.36. The molecule has 1 aromatic carbocycles. The molecule has 11 heteroatoms. The number of nitro groups is 1. The van der Waals surface area contributed by atoms with Crippen molar-refractivity contribution in [3.05, 3.63) is 39.4 Å². The van der Waals surface area contributed by atoms with Crippen LogP contribution in [0.5, 0.6) is 0 Å². The van der Waals surface area contributed by atoms with Crippen LogP contribution >= 0.6 is 0 Å². The third-order valence-corrected chi connectivity index (χ3v) is 2.55. The van der Waals surface area contributed by atoms with Gasteiger partial charge in [0, 0.05) is 12.1 Å². The number of halogens is 3. The predicted octanol–water partition coefficient (Wildman–Crippen LogP) is -1.42. The van der Waals surface area contributed by atoms with Gasteiger partial charge in [0.15, 0.2) is 0 Å². The zero-order valence-electron chi connectivity index (χ0n) is 10.2. The van der Waals surface area contributed by atoms with E-state index in [-0.39, 0.29) is 67.4 Å². The molecule has 1 aliphatic heterocycles. The molecule has 20 heavy (non-hydrogen) atoms. The van der Waals surface area contributed by atoms with Gasteiger partial charge in [-0.05, 0) is 12.5 Å². The summed E-state index contributed by atoms with van der Waals surface area (Å²) in [5.74, 6) is -2.25. The Morgan fingerprint density at radius 2 is 1.70 bits per heavy atom. The number of hydrogen-bond donors (Lipinski definition) is 0. The molecule has 0 N–H and O–H groups in total. The molecule has 0 unspecified atom stereocenters. The van der Waals surface area contributed by atoms with E-state index in [1.807, 2.05) is 0 Å². The summed E-state index contributed by atoms with van der Waals surface area (Å²) in [6.07, 6.45) is -1.65. The van der Waals surface area contributed by atoms with Crippen LogP contribution in [-0.2, 0) is 0 Å². The van der Waals surface area contributed by atoms with Crippen LogP contribution in [0, 0.1) is 10.1 Å². The number of benzene rings is 1. The molecule has 0 saturated heterocycles. The summed E-state index contributed by atoms with van der Waals surface area (Å²) in [6, 6.07) is 2.75. The van der Waals surface area contributed by atoms with E-state index in [4.69, 9.17) is 0 Å². The standard InChI is InChI=1S/C9H5BF3N2O4.K/c11-10(12,13)4-14-8(16)6-2-1-5(15(18)19)3-7(6)9(14)17;/h1-3H,4H2;/q-1;+1. The van der Waals surface area contributed by atoms with Gasteiger partial charge in [0.2, 0.25) is 0 Å². The van der Waals surface area contributed by atoms with Gasteiger partial charge in [0.25, 0.3) is 17.5 Å². The van der Waals surface area contributed by atoms with E-state index < -0.39 is 35.8 Å². The zero-order chi connectivity index (χ0) is 14.4. The van der Waals surface area contributed by atoms with Crippen molar-refractivity contribution < 1.29 is 78.8 Å². The topological polar surface area (TPSA) is 80.5 Å². The van der Waals surface area contributed by atoms with E-state index in [1.165, 1.54) is 0 Å². The van der Waals surface area contributed by atoms with Gasteiger partial charge in [-0.3, -0.25) is 19.7 Å². The zero-order valence-corrected chi connectivity index (χ0v) is 13.3. The molecule has 0 fully saturated rings. The maximum absolute atomic E-state index is 12.3. The van der Waals surface area contributed by atoms with Crippen LogP contribution in [0.2, 0.25) is 0 Å². The average Bonchev–Trinajstić information content (AvgIpc) is 2.52. The summed E-state index contributed by atoms with van der Waals surface area (Å²) < 4.78 is 36.9. The normalized spacial score (nSPS) is 14.1. The number of nitro benzene ring substituents is 1. The fraction of sp³-hybridized carbons (Fsp3) is 0.111. The van der Waals surface area contributed by atoms with Crippen molar-refractivity contribution in [2.75, 3.05) is 6.44 Å². The molecule has 0 spiro atoms. The Kier molecular flexibility index (Phi) is 5.14. The number of non-ortho nitro benzene ring substituents is 1. The molecular weight excluding hydrogens is 307 g/mol. The summed E-state index contributed by atoms with van der Waals surface area (Å²) in [6.45, 7) is -5.36. The predicted molar refractivity (Wildman–Crippen MR) is 57.5 cm³/mol. The smallest absolute Gasteiger partial charge is 0.448 e. The van der Waals surface area contributed by atoms with E-state index in [9.17, 15) is 32.7 Å². The van der Waals surface area contributed by atoms with Crippen LogP contribution < -0.4 is 51.4 Å². The Hall–Kier alpha value is -0.749. The number of nitrogens with zero attached hydrogens (tertiary/aromatic N) is 2. The molecule has 0 aliphatic carbocycles. The van der Waals surface area contributed by atoms with Crippen molar-refractivity contribution in [3.63, 3.8) is 0 Å². The van der Waals surface area contributed by atoms with Crippen molar-refractivity contribution in [3.8, 4) is 0 Å². The number of carbonyl (C=O) groups is 2. The van der Waals surface area contributed by atoms with Gasteiger partial charge in [-0.1, -0.05) is 0 Å². The van der Waals surface area contributed by atoms with Crippen molar-refractivity contribution in [2.24, 2.45) is 0 Å². The van der Waals surface area contributed by atoms with Gasteiger partial charge >= 0.3 is 58.4 Å². The summed E-state index contributed by atoms with van der Waals surface area (Å²) in [7, 11) is 0. The van der Waals surface area contributed by atoms with Gasteiger partial charge < -0.3 is 17.8 Å². The van der Waals surface area contributed by atoms with Crippen LogP contribution in [0.3, 0.4) is 0 Å². The second-order valence-electron chi connectivity index (χ2n) is 3.92. The number of hydrogen-bond acceptors (Lipinski definition) is 4. The van der Waals surface area contributed by atoms with E-state index in [0.717, 1.165) is 18.2 Å². The number of carbonyl (C=O) groups excluding carboxylic acids is 2. The largest absolute Gasteiger partial charge is 1.00 e. The molecule has 0 bridgehead atoms. The van der Waals surface area contributed by atoms with Crippen molar-refractivity contribution in [1.29, 1.82) is 0 Å². The van der Waals surface area contributed by atoms with E-state index in [2.05, 4.69) is 0 Å². The molecular formula is C9H5BF3KN2O4. The number of rotatable bonds is 3. The number of imide groups is 1. The first-order valence-electron chi connectivity index (χ1n) is 5.06. The molecule has 0 radical (unpaired) electrons. The second kappa shape index (κ2) is 5.94. The van der Waals surface area contributed by atoms with Crippen LogP contribution in [0.4, 0.5) is 18.6 Å². The van der Waals surface area contributed by atoms with Crippen LogP contribution in [0.1, 0.15) is 20.7 Å². The molecule has 1 aromatic rings. The minimum absolute atomic E-state index is 0. The minimum Gasteiger partial charge on any atom is -0.448 e. The maximum Gasteiger partial charge on any atom is 1.00 e. The number of fused-ring (bicyclic) bond motifs is 1. The van der Waals surface area contributed by atoms with Crippen molar-refractivity contribution in [1.82, 2.24) is 4.90 Å². The van der Waals surface area contributed by atoms with Crippen molar-refractivity contribution >= 4 is 24.5 Å². The average molecular weight is 312 g/mol. The Labute approximate surface area is 152 Å². The van der Waals surface area contributed by atoms with E-state index >= 15 is 0 Å². The second-order valence-corrected chi connectivity index (χ2v) is 3.92. The SMILES string of the molecule is O=C1c2ccc([N+](=O)[O-])cc2C(=O)N1C[B-](F)(F)F.[K+].